The Labute approximate surface area is 196 Å². The van der Waals surface area contributed by atoms with Gasteiger partial charge in [0.15, 0.2) is 5.03 Å². The molecule has 11 heteroatoms. The molecular weight excluding hydrogens is 477 g/mol. The van der Waals surface area contributed by atoms with E-state index in [0.717, 1.165) is 5.56 Å². The number of rotatable bonds is 10. The molecule has 0 aliphatic heterocycles. The number of benzene rings is 1. The number of aliphatic hydroxyl groups is 1. The van der Waals surface area contributed by atoms with E-state index < -0.39 is 10.1 Å². The van der Waals surface area contributed by atoms with Gasteiger partial charge in [0.2, 0.25) is 0 Å². The lowest BCUT2D eigenvalue weighted by Crippen LogP contribution is -2.19. The van der Waals surface area contributed by atoms with Gasteiger partial charge in [-0.3, -0.25) is 4.98 Å². The van der Waals surface area contributed by atoms with Gasteiger partial charge in [0.25, 0.3) is 0 Å². The molecule has 0 spiro atoms. The first-order valence-corrected chi connectivity index (χ1v) is 11.9. The van der Waals surface area contributed by atoms with Gasteiger partial charge in [-0.1, -0.05) is 37.0 Å². The van der Waals surface area contributed by atoms with Crippen LogP contribution < -0.4 is 4.18 Å². The van der Waals surface area contributed by atoms with Crippen LogP contribution in [-0.4, -0.2) is 41.3 Å². The highest BCUT2D eigenvalue weighted by atomic mass is 35.5. The van der Waals surface area contributed by atoms with Crippen molar-refractivity contribution in [3.63, 3.8) is 0 Å². The number of halogens is 2. The lowest BCUT2D eigenvalue weighted by molar-refractivity contribution is 0.0758. The van der Waals surface area contributed by atoms with Crippen LogP contribution in [0, 0.1) is 0 Å². The van der Waals surface area contributed by atoms with Crippen molar-refractivity contribution in [2.75, 3.05) is 13.2 Å². The fourth-order valence-corrected chi connectivity index (χ4v) is 4.97. The Bertz CT molecular complexity index is 1150. The van der Waals surface area contributed by atoms with Crippen LogP contribution in [0.2, 0.25) is 10.0 Å². The first kappa shape index (κ1) is 24.5. The zero-order valence-corrected chi connectivity index (χ0v) is 19.9. The van der Waals surface area contributed by atoms with Crippen LogP contribution in [0.3, 0.4) is 0 Å². The van der Waals surface area contributed by atoms with Crippen LogP contribution in [0.25, 0.3) is 0 Å². The summed E-state index contributed by atoms with van der Waals surface area (Å²) in [6, 6.07) is 7.78. The largest absolute Gasteiger partial charge is 0.394 e. The Kier molecular flexibility index (Phi) is 8.13. The zero-order valence-electron chi connectivity index (χ0n) is 17.5. The number of hydrogen-bond acceptors (Lipinski definition) is 7. The summed E-state index contributed by atoms with van der Waals surface area (Å²) in [6.07, 6.45) is 3.24. The van der Waals surface area contributed by atoms with Crippen molar-refractivity contribution in [3.8, 4) is 5.75 Å². The van der Waals surface area contributed by atoms with E-state index >= 15 is 0 Å². The van der Waals surface area contributed by atoms with E-state index in [1.54, 1.807) is 29.1 Å². The molecule has 0 amide bonds. The molecule has 0 bridgehead atoms. The average molecular weight is 500 g/mol. The Morgan fingerprint density at radius 1 is 1.12 bits per heavy atom. The first-order chi connectivity index (χ1) is 15.2. The summed E-state index contributed by atoms with van der Waals surface area (Å²) in [5, 5.41) is 9.45. The van der Waals surface area contributed by atoms with Gasteiger partial charge in [-0.25, -0.2) is 4.98 Å². The van der Waals surface area contributed by atoms with Gasteiger partial charge in [0, 0.05) is 34.6 Å². The molecule has 0 atom stereocenters. The van der Waals surface area contributed by atoms with Gasteiger partial charge < -0.3 is 18.6 Å². The molecule has 3 aromatic rings. The molecule has 0 aliphatic carbocycles. The zero-order chi connectivity index (χ0) is 23.3. The minimum absolute atomic E-state index is 0.00746. The highest BCUT2D eigenvalue weighted by Gasteiger charge is 2.31. The molecular formula is C21H23Cl2N3O5S. The predicted molar refractivity (Wildman–Crippen MR) is 121 cm³/mol. The van der Waals surface area contributed by atoms with Crippen molar-refractivity contribution in [3.05, 3.63) is 69.9 Å². The van der Waals surface area contributed by atoms with E-state index in [0.29, 0.717) is 11.5 Å². The van der Waals surface area contributed by atoms with Crippen LogP contribution >= 0.6 is 23.2 Å². The second kappa shape index (κ2) is 10.6. The Hall–Kier alpha value is -2.17. The predicted octanol–water partition coefficient (Wildman–Crippen LogP) is 4.03. The van der Waals surface area contributed by atoms with E-state index in [4.69, 9.17) is 37.2 Å². The van der Waals surface area contributed by atoms with E-state index in [-0.39, 0.29) is 53.1 Å². The smallest absolute Gasteiger partial charge is 0.357 e. The monoisotopic (exact) mass is 499 g/mol. The molecule has 0 saturated carbocycles. The average Bonchev–Trinajstić information content (AvgIpc) is 3.07. The van der Waals surface area contributed by atoms with Crippen LogP contribution in [0.4, 0.5) is 0 Å². The number of aliphatic hydroxyl groups excluding tert-OH is 1. The van der Waals surface area contributed by atoms with Crippen molar-refractivity contribution >= 4 is 33.3 Å². The highest BCUT2D eigenvalue weighted by molar-refractivity contribution is 7.87. The SMILES string of the molecule is CC(C)c1nc(COCCO)n(Cc2ccncc2)c1S(=O)(=O)Oc1cc(Cl)cc(Cl)c1. The number of nitrogens with zero attached hydrogens (tertiary/aromatic N) is 3. The molecule has 0 unspecified atom stereocenters. The number of ether oxygens (including phenoxy) is 1. The molecule has 0 radical (unpaired) electrons. The van der Waals surface area contributed by atoms with Crippen LogP contribution in [0.1, 0.15) is 36.8 Å². The molecule has 172 valence electrons. The fraction of sp³-hybridized carbons (Fsp3) is 0.333. The van der Waals surface area contributed by atoms with E-state index in [1.165, 1.54) is 18.2 Å². The molecule has 0 fully saturated rings. The number of aromatic nitrogens is 3. The summed E-state index contributed by atoms with van der Waals surface area (Å²) >= 11 is 12.0. The molecule has 1 N–H and O–H groups in total. The molecule has 2 heterocycles. The maximum atomic E-state index is 13.4. The fourth-order valence-electron chi connectivity index (χ4n) is 3.06. The number of imidazole rings is 1. The van der Waals surface area contributed by atoms with Gasteiger partial charge in [-0.2, -0.15) is 8.42 Å². The lowest BCUT2D eigenvalue weighted by atomic mass is 10.1. The Balaban J connectivity index is 2.11. The van der Waals surface area contributed by atoms with Crippen molar-refractivity contribution in [2.24, 2.45) is 0 Å². The second-order valence-electron chi connectivity index (χ2n) is 7.23. The van der Waals surface area contributed by atoms with Crippen LogP contribution in [0.15, 0.2) is 47.8 Å². The third-order valence-electron chi connectivity index (χ3n) is 4.41. The quantitative estimate of drug-likeness (QED) is 0.331. The summed E-state index contributed by atoms with van der Waals surface area (Å²) < 4.78 is 39.3. The lowest BCUT2D eigenvalue weighted by Gasteiger charge is -2.15. The molecule has 0 aliphatic rings. The van der Waals surface area contributed by atoms with Gasteiger partial charge in [0.05, 0.1) is 25.5 Å². The molecule has 32 heavy (non-hydrogen) atoms. The molecule has 8 nitrogen and oxygen atoms in total. The van der Waals surface area contributed by atoms with Gasteiger partial charge >= 0.3 is 10.1 Å². The third-order valence-corrected chi connectivity index (χ3v) is 6.16. The number of pyridine rings is 1. The van der Waals surface area contributed by atoms with Gasteiger partial charge in [-0.05, 0) is 29.7 Å². The van der Waals surface area contributed by atoms with Crippen molar-refractivity contribution in [1.29, 1.82) is 0 Å². The normalized spacial score (nSPS) is 11.8. The maximum Gasteiger partial charge on any atom is 0.357 e. The summed E-state index contributed by atoms with van der Waals surface area (Å²) in [5.74, 6) is 0.166. The molecule has 3 rings (SSSR count). The first-order valence-electron chi connectivity index (χ1n) is 9.78. The molecule has 0 saturated heterocycles. The van der Waals surface area contributed by atoms with Gasteiger partial charge in [0.1, 0.15) is 18.2 Å². The van der Waals surface area contributed by atoms with E-state index in [1.807, 2.05) is 13.8 Å². The van der Waals surface area contributed by atoms with Crippen LogP contribution in [-0.2, 0) is 28.0 Å². The standard InChI is InChI=1S/C21H23Cl2N3O5S/c1-14(2)20-21(32(28,29)31-18-10-16(22)9-17(23)11-18)26(12-15-3-5-24-6-4-15)19(25-20)13-30-8-7-27/h3-6,9-11,14,27H,7-8,12-13H2,1-2H3. The summed E-state index contributed by atoms with van der Waals surface area (Å²) in [4.78, 5) is 8.55. The van der Waals surface area contributed by atoms with E-state index in [2.05, 4.69) is 9.97 Å². The number of hydrogen-bond donors (Lipinski definition) is 1. The topological polar surface area (TPSA) is 104 Å². The van der Waals surface area contributed by atoms with E-state index in [9.17, 15) is 8.42 Å². The third kappa shape index (κ3) is 5.99. The summed E-state index contributed by atoms with van der Waals surface area (Å²) in [5.41, 5.74) is 1.16. The van der Waals surface area contributed by atoms with Crippen molar-refractivity contribution < 1.29 is 22.4 Å². The Morgan fingerprint density at radius 2 is 1.78 bits per heavy atom. The molecule has 1 aromatic carbocycles. The minimum Gasteiger partial charge on any atom is -0.394 e. The van der Waals surface area contributed by atoms with Crippen LogP contribution in [0.5, 0.6) is 5.75 Å². The minimum atomic E-state index is -4.32. The molecule has 2 aromatic heterocycles. The second-order valence-corrected chi connectivity index (χ2v) is 9.57. The van der Waals surface area contributed by atoms with Crippen molar-refractivity contribution in [1.82, 2.24) is 14.5 Å². The highest BCUT2D eigenvalue weighted by Crippen LogP contribution is 2.31. The van der Waals surface area contributed by atoms with Crippen molar-refractivity contribution in [2.45, 2.75) is 37.9 Å². The Morgan fingerprint density at radius 3 is 2.38 bits per heavy atom. The summed E-state index contributed by atoms with van der Waals surface area (Å²) in [6.45, 7) is 3.84. The summed E-state index contributed by atoms with van der Waals surface area (Å²) in [7, 11) is -4.32. The van der Waals surface area contributed by atoms with Gasteiger partial charge in [-0.15, -0.1) is 0 Å². The maximum absolute atomic E-state index is 13.4.